The normalized spacial score (nSPS) is 11.9. The summed E-state index contributed by atoms with van der Waals surface area (Å²) >= 11 is 0. The van der Waals surface area contributed by atoms with Crippen LogP contribution in [0, 0.1) is 6.92 Å². The van der Waals surface area contributed by atoms with Gasteiger partial charge in [-0.3, -0.25) is 19.4 Å². The predicted octanol–water partition coefficient (Wildman–Crippen LogP) is 2.46. The number of anilines is 1. The van der Waals surface area contributed by atoms with Crippen LogP contribution >= 0.6 is 0 Å². The van der Waals surface area contributed by atoms with E-state index in [1.54, 1.807) is 13.0 Å². The molecular weight excluding hydrogens is 408 g/mol. The summed E-state index contributed by atoms with van der Waals surface area (Å²) in [6, 6.07) is 12.8. The fraction of sp³-hybridized carbons (Fsp3) is 0.348. The Labute approximate surface area is 186 Å². The number of aryl methyl sites for hydroxylation is 2. The number of nitrogens with one attached hydrogen (secondary N) is 3. The maximum Gasteiger partial charge on any atom is 0.314 e. The molecule has 0 aliphatic heterocycles. The van der Waals surface area contributed by atoms with E-state index >= 15 is 0 Å². The molecule has 3 rings (SSSR count). The molecule has 32 heavy (non-hydrogen) atoms. The zero-order chi connectivity index (χ0) is 23.3. The Morgan fingerprint density at radius 1 is 1.09 bits per heavy atom. The Bertz CT molecular complexity index is 1150. The highest BCUT2D eigenvalue weighted by Gasteiger charge is 2.20. The Kier molecular flexibility index (Phi) is 7.19. The fourth-order valence-corrected chi connectivity index (χ4v) is 3.17. The molecule has 0 radical (unpaired) electrons. The van der Waals surface area contributed by atoms with Crippen molar-refractivity contribution in [2.45, 2.75) is 52.5 Å². The molecule has 168 valence electrons. The number of rotatable bonds is 7. The molecule has 1 unspecified atom stereocenters. The average Bonchev–Trinajstić information content (AvgIpc) is 3.12. The molecule has 2 heterocycles. The molecule has 3 aromatic rings. The molecule has 0 spiro atoms. The van der Waals surface area contributed by atoms with E-state index in [1.165, 1.54) is 16.3 Å². The molecule has 0 saturated heterocycles. The second-order valence-corrected chi connectivity index (χ2v) is 8.08. The topological polar surface area (TPSA) is 122 Å². The van der Waals surface area contributed by atoms with E-state index in [0.717, 1.165) is 6.42 Å². The van der Waals surface area contributed by atoms with E-state index in [0.29, 0.717) is 17.8 Å². The van der Waals surface area contributed by atoms with Crippen LogP contribution in [0.5, 0.6) is 0 Å². The minimum absolute atomic E-state index is 0.0360. The molecule has 9 heteroatoms. The summed E-state index contributed by atoms with van der Waals surface area (Å²) in [5.41, 5.74) is 2.03. The summed E-state index contributed by atoms with van der Waals surface area (Å²) in [6.07, 6.45) is 1.49. The molecule has 0 aliphatic carbocycles. The first-order chi connectivity index (χ1) is 15.2. The number of amides is 2. The highest BCUT2D eigenvalue weighted by molar-refractivity contribution is 6.39. The number of benzene rings is 1. The lowest BCUT2D eigenvalue weighted by Gasteiger charge is -2.14. The predicted molar refractivity (Wildman–Crippen MR) is 122 cm³/mol. The van der Waals surface area contributed by atoms with Crippen LogP contribution in [0.3, 0.4) is 0 Å². The van der Waals surface area contributed by atoms with Gasteiger partial charge in [0.15, 0.2) is 0 Å². The van der Waals surface area contributed by atoms with Crippen molar-refractivity contribution in [3.8, 4) is 5.95 Å². The first-order valence-corrected chi connectivity index (χ1v) is 10.6. The van der Waals surface area contributed by atoms with Gasteiger partial charge in [0.05, 0.1) is 11.4 Å². The molecule has 0 saturated carbocycles. The van der Waals surface area contributed by atoms with Crippen molar-refractivity contribution in [1.29, 1.82) is 0 Å². The minimum atomic E-state index is -0.819. The highest BCUT2D eigenvalue weighted by Crippen LogP contribution is 2.16. The van der Waals surface area contributed by atoms with Crippen LogP contribution in [0.25, 0.3) is 5.95 Å². The van der Waals surface area contributed by atoms with Gasteiger partial charge in [-0.15, -0.1) is 0 Å². The van der Waals surface area contributed by atoms with Gasteiger partial charge in [-0.25, -0.2) is 4.98 Å². The number of aromatic amines is 1. The maximum atomic E-state index is 12.5. The molecule has 0 fully saturated rings. The SMILES string of the molecule is Cc1cc(NC(=O)C(=O)NC(C)CCc2ccccc2)n(-c2nc(C(C)C)cc(=O)[nH]2)n1. The lowest BCUT2D eigenvalue weighted by atomic mass is 10.1. The quantitative estimate of drug-likeness (QED) is 0.491. The van der Waals surface area contributed by atoms with Gasteiger partial charge >= 0.3 is 11.8 Å². The Hall–Kier alpha value is -3.75. The monoisotopic (exact) mass is 436 g/mol. The summed E-state index contributed by atoms with van der Waals surface area (Å²) in [7, 11) is 0. The fourth-order valence-electron chi connectivity index (χ4n) is 3.17. The number of nitrogens with zero attached hydrogens (tertiary/aromatic N) is 3. The van der Waals surface area contributed by atoms with Crippen molar-refractivity contribution >= 4 is 17.6 Å². The Balaban J connectivity index is 1.68. The molecule has 9 nitrogen and oxygen atoms in total. The van der Waals surface area contributed by atoms with Gasteiger partial charge in [0.1, 0.15) is 5.82 Å². The first-order valence-electron chi connectivity index (χ1n) is 10.6. The van der Waals surface area contributed by atoms with Gasteiger partial charge in [0.25, 0.3) is 5.56 Å². The summed E-state index contributed by atoms with van der Waals surface area (Å²) in [6.45, 7) is 7.44. The van der Waals surface area contributed by atoms with Crippen LogP contribution in [0.1, 0.15) is 50.1 Å². The van der Waals surface area contributed by atoms with E-state index < -0.39 is 11.8 Å². The van der Waals surface area contributed by atoms with Crippen LogP contribution < -0.4 is 16.2 Å². The number of hydrogen-bond donors (Lipinski definition) is 3. The molecule has 2 amide bonds. The summed E-state index contributed by atoms with van der Waals surface area (Å²) in [5, 5.41) is 9.58. The van der Waals surface area contributed by atoms with Crippen molar-refractivity contribution < 1.29 is 9.59 Å². The number of H-pyrrole nitrogens is 1. The molecule has 3 N–H and O–H groups in total. The molecule has 2 aromatic heterocycles. The lowest BCUT2D eigenvalue weighted by Crippen LogP contribution is -2.41. The lowest BCUT2D eigenvalue weighted by molar-refractivity contribution is -0.136. The molecule has 1 atom stereocenters. The van der Waals surface area contributed by atoms with E-state index in [9.17, 15) is 14.4 Å². The third kappa shape index (κ3) is 5.90. The molecular formula is C23H28N6O3. The van der Waals surface area contributed by atoms with Crippen molar-refractivity contribution in [2.75, 3.05) is 5.32 Å². The van der Waals surface area contributed by atoms with E-state index in [1.807, 2.05) is 51.1 Å². The van der Waals surface area contributed by atoms with Crippen LogP contribution in [-0.4, -0.2) is 37.6 Å². The van der Waals surface area contributed by atoms with E-state index in [-0.39, 0.29) is 29.3 Å². The smallest absolute Gasteiger partial charge is 0.314 e. The summed E-state index contributed by atoms with van der Waals surface area (Å²) in [4.78, 5) is 44.0. The van der Waals surface area contributed by atoms with Crippen LogP contribution in [-0.2, 0) is 16.0 Å². The zero-order valence-corrected chi connectivity index (χ0v) is 18.7. The third-order valence-electron chi connectivity index (χ3n) is 4.91. The third-order valence-corrected chi connectivity index (χ3v) is 4.91. The van der Waals surface area contributed by atoms with Crippen molar-refractivity contribution in [3.05, 3.63) is 69.8 Å². The standard InChI is InChI=1S/C23H28N6O3/c1-14(2)18-13-20(30)27-23(25-18)29-19(12-16(4)28-29)26-22(32)21(31)24-15(3)10-11-17-8-6-5-7-9-17/h5-9,12-15H,10-11H2,1-4H3,(H,24,31)(H,26,32)(H,25,27,30). The van der Waals surface area contributed by atoms with Gasteiger partial charge in [0, 0.05) is 18.2 Å². The van der Waals surface area contributed by atoms with Gasteiger partial charge in [0.2, 0.25) is 5.95 Å². The van der Waals surface area contributed by atoms with E-state index in [4.69, 9.17) is 0 Å². The van der Waals surface area contributed by atoms with Gasteiger partial charge < -0.3 is 10.6 Å². The van der Waals surface area contributed by atoms with Crippen LogP contribution in [0.15, 0.2) is 47.3 Å². The van der Waals surface area contributed by atoms with Crippen LogP contribution in [0.4, 0.5) is 5.82 Å². The molecule has 0 bridgehead atoms. The van der Waals surface area contributed by atoms with E-state index in [2.05, 4.69) is 25.7 Å². The molecule has 0 aliphatic rings. The number of carbonyl (C=O) groups is 2. The average molecular weight is 437 g/mol. The highest BCUT2D eigenvalue weighted by atomic mass is 16.2. The Morgan fingerprint density at radius 3 is 2.50 bits per heavy atom. The number of aromatic nitrogens is 4. The van der Waals surface area contributed by atoms with Crippen LogP contribution in [0.2, 0.25) is 0 Å². The van der Waals surface area contributed by atoms with Gasteiger partial charge in [-0.1, -0.05) is 44.2 Å². The molecule has 1 aromatic carbocycles. The van der Waals surface area contributed by atoms with Gasteiger partial charge in [-0.2, -0.15) is 9.78 Å². The number of hydrogen-bond acceptors (Lipinski definition) is 5. The van der Waals surface area contributed by atoms with Crippen molar-refractivity contribution in [3.63, 3.8) is 0 Å². The second-order valence-electron chi connectivity index (χ2n) is 8.08. The number of carbonyl (C=O) groups excluding carboxylic acids is 2. The zero-order valence-electron chi connectivity index (χ0n) is 18.7. The first kappa shape index (κ1) is 22.9. The van der Waals surface area contributed by atoms with Crippen molar-refractivity contribution in [2.24, 2.45) is 0 Å². The maximum absolute atomic E-state index is 12.5. The van der Waals surface area contributed by atoms with Crippen molar-refractivity contribution in [1.82, 2.24) is 25.1 Å². The summed E-state index contributed by atoms with van der Waals surface area (Å²) < 4.78 is 1.31. The van der Waals surface area contributed by atoms with Gasteiger partial charge in [-0.05, 0) is 38.2 Å². The second kappa shape index (κ2) is 10.0. The summed E-state index contributed by atoms with van der Waals surface area (Å²) in [5.74, 6) is -1.12. The largest absolute Gasteiger partial charge is 0.345 e. The Morgan fingerprint density at radius 2 is 1.81 bits per heavy atom. The minimum Gasteiger partial charge on any atom is -0.345 e.